The molecule has 0 aromatic heterocycles. The Labute approximate surface area is 171 Å². The Bertz CT molecular complexity index is 455. The van der Waals surface area contributed by atoms with Crippen LogP contribution < -0.4 is 42.4 Å². The van der Waals surface area contributed by atoms with E-state index in [1.54, 1.807) is 5.19 Å². The molecule has 0 bridgehead atoms. The molecule has 0 N–H and O–H groups in total. The van der Waals surface area contributed by atoms with E-state index in [0.717, 1.165) is 0 Å². The van der Waals surface area contributed by atoms with E-state index in [9.17, 15) is 0 Å². The van der Waals surface area contributed by atoms with Crippen LogP contribution in [0.15, 0.2) is 42.5 Å². The van der Waals surface area contributed by atoms with E-state index in [1.165, 1.54) is 24.8 Å². The molecule has 0 saturated heterocycles. The zero-order valence-corrected chi connectivity index (χ0v) is 18.8. The first-order chi connectivity index (χ1) is 8.65. The summed E-state index contributed by atoms with van der Waals surface area (Å²) >= 11 is 0. The van der Waals surface area contributed by atoms with Gasteiger partial charge in [0, 0.05) is 9.52 Å². The topological polar surface area (TPSA) is 0 Å². The zero-order valence-electron chi connectivity index (χ0n) is 13.6. The van der Waals surface area contributed by atoms with Crippen LogP contribution in [-0.4, -0.2) is 9.52 Å². The number of hydrogen-bond acceptors (Lipinski definition) is 0. The first kappa shape index (κ1) is 27.5. The van der Waals surface area contributed by atoms with Crippen molar-refractivity contribution in [2.24, 2.45) is 0 Å². The summed E-state index contributed by atoms with van der Waals surface area (Å²) in [5, 5.41) is 2.15. The van der Waals surface area contributed by atoms with Crippen molar-refractivity contribution in [1.82, 2.24) is 0 Å². The van der Waals surface area contributed by atoms with Crippen LogP contribution in [0, 0.1) is 0 Å². The van der Waals surface area contributed by atoms with Crippen LogP contribution >= 0.6 is 0 Å². The Morgan fingerprint density at radius 2 is 1.91 bits per heavy atom. The maximum atomic E-state index is 2.49. The van der Waals surface area contributed by atoms with Crippen molar-refractivity contribution in [2.75, 3.05) is 0 Å². The molecular weight excluding hydrogens is 386 g/mol. The molecule has 1 aliphatic rings. The third-order valence-corrected chi connectivity index (χ3v) is 6.46. The van der Waals surface area contributed by atoms with E-state index in [1.807, 2.05) is 0 Å². The second kappa shape index (κ2) is 13.0. The van der Waals surface area contributed by atoms with E-state index in [-0.39, 0.29) is 68.5 Å². The molecule has 0 saturated carbocycles. The molecule has 0 amide bonds. The number of hydrogen-bond donors (Lipinski definition) is 0. The first-order valence-corrected chi connectivity index (χ1v) is 8.66. The van der Waals surface area contributed by atoms with Crippen molar-refractivity contribution in [3.8, 4) is 0 Å². The van der Waals surface area contributed by atoms with Gasteiger partial charge in [-0.2, -0.15) is 22.9 Å². The molecular formula is C17H25Cl3SiTi. The predicted octanol–water partition coefficient (Wildman–Crippen LogP) is -5.19. The molecule has 0 nitrogen and oxygen atoms in total. The predicted molar refractivity (Wildman–Crippen MR) is 84.8 cm³/mol. The quantitative estimate of drug-likeness (QED) is 0.336. The minimum atomic E-state index is -0.224. The summed E-state index contributed by atoms with van der Waals surface area (Å²) < 4.78 is 0. The Morgan fingerprint density at radius 3 is 2.36 bits per heavy atom. The molecule has 122 valence electrons. The molecule has 1 aliphatic carbocycles. The van der Waals surface area contributed by atoms with Crippen LogP contribution in [0.2, 0.25) is 5.04 Å². The maximum Gasteiger partial charge on any atom is 4.00 e. The summed E-state index contributed by atoms with van der Waals surface area (Å²) in [7, 11) is -0.224. The van der Waals surface area contributed by atoms with Crippen LogP contribution in [0.25, 0.3) is 0 Å². The van der Waals surface area contributed by atoms with Gasteiger partial charge >= 0.3 is 21.7 Å². The van der Waals surface area contributed by atoms with E-state index >= 15 is 0 Å². The van der Waals surface area contributed by atoms with Gasteiger partial charge in [0.15, 0.2) is 0 Å². The minimum Gasteiger partial charge on any atom is -1.00 e. The molecule has 0 fully saturated rings. The van der Waals surface area contributed by atoms with Gasteiger partial charge in [0.2, 0.25) is 0 Å². The van der Waals surface area contributed by atoms with Gasteiger partial charge in [-0.15, -0.1) is 0 Å². The van der Waals surface area contributed by atoms with Gasteiger partial charge < -0.3 is 37.2 Å². The fourth-order valence-electron chi connectivity index (χ4n) is 3.00. The Hall–Kier alpha value is 0.631. The first-order valence-electron chi connectivity index (χ1n) is 7.25. The maximum absolute atomic E-state index is 2.49. The van der Waals surface area contributed by atoms with Crippen LogP contribution in [0.3, 0.4) is 0 Å². The van der Waals surface area contributed by atoms with Crippen molar-refractivity contribution in [3.63, 3.8) is 0 Å². The van der Waals surface area contributed by atoms with Crippen molar-refractivity contribution >= 4 is 14.7 Å². The zero-order chi connectivity index (χ0) is 13.0. The van der Waals surface area contributed by atoms with Gasteiger partial charge in [-0.25, -0.2) is 6.07 Å². The second-order valence-electron chi connectivity index (χ2n) is 5.99. The molecule has 1 aromatic rings. The van der Waals surface area contributed by atoms with Gasteiger partial charge in [0.05, 0.1) is 0 Å². The van der Waals surface area contributed by atoms with Gasteiger partial charge in [0.25, 0.3) is 0 Å². The molecule has 1 atom stereocenters. The summed E-state index contributed by atoms with van der Waals surface area (Å²) in [5.41, 5.74) is 1.51. The molecule has 0 radical (unpaired) electrons. The molecule has 0 aliphatic heterocycles. The van der Waals surface area contributed by atoms with Crippen molar-refractivity contribution < 1.29 is 58.9 Å². The largest absolute Gasteiger partial charge is 4.00 e. The monoisotopic (exact) mass is 410 g/mol. The smallest absolute Gasteiger partial charge is 1.00 e. The van der Waals surface area contributed by atoms with Gasteiger partial charge in [0.1, 0.15) is 0 Å². The summed E-state index contributed by atoms with van der Waals surface area (Å²) in [6, 6.07) is 7.17. The summed E-state index contributed by atoms with van der Waals surface area (Å²) in [6.45, 7) is 6.88. The Kier molecular flexibility index (Phi) is 16.2. The summed E-state index contributed by atoms with van der Waals surface area (Å²) in [6.07, 6.45) is 13.2. The fourth-order valence-corrected chi connectivity index (χ4v) is 5.48. The molecule has 2 rings (SSSR count). The SMILES string of the molecule is CCCC1([SiH2][c-]2ccc(C(C)C)c2)C=CC=CC1.[Cl-].[Cl-].[Cl-].[Ti+4]. The van der Waals surface area contributed by atoms with E-state index in [0.29, 0.717) is 11.0 Å². The summed E-state index contributed by atoms with van der Waals surface area (Å²) in [5.74, 6) is 0.664. The Balaban J connectivity index is -0.000000902. The number of halogens is 3. The normalized spacial score (nSPS) is 19.3. The number of rotatable bonds is 5. The van der Waals surface area contributed by atoms with Gasteiger partial charge in [-0.1, -0.05) is 57.4 Å². The van der Waals surface area contributed by atoms with Gasteiger partial charge in [-0.3, -0.25) is 0 Å². The molecule has 0 spiro atoms. The van der Waals surface area contributed by atoms with Crippen LogP contribution in [0.4, 0.5) is 0 Å². The average Bonchev–Trinajstić information content (AvgIpc) is 2.79. The minimum absolute atomic E-state index is 0. The van der Waals surface area contributed by atoms with Crippen molar-refractivity contribution in [1.29, 1.82) is 0 Å². The van der Waals surface area contributed by atoms with E-state index < -0.39 is 0 Å². The molecule has 1 unspecified atom stereocenters. The summed E-state index contributed by atoms with van der Waals surface area (Å²) in [4.78, 5) is 0. The molecule has 5 heteroatoms. The van der Waals surface area contributed by atoms with Gasteiger partial charge in [-0.05, 0) is 17.9 Å². The third kappa shape index (κ3) is 7.47. The van der Waals surface area contributed by atoms with E-state index in [2.05, 4.69) is 63.3 Å². The molecule has 22 heavy (non-hydrogen) atoms. The number of allylic oxidation sites excluding steroid dienone is 4. The van der Waals surface area contributed by atoms with Crippen LogP contribution in [0.5, 0.6) is 0 Å². The Morgan fingerprint density at radius 1 is 1.23 bits per heavy atom. The molecule has 1 aromatic carbocycles. The second-order valence-corrected chi connectivity index (χ2v) is 8.57. The standard InChI is InChI=1S/C17H25Si.3ClH.Ti/c1-4-10-17(11-6-5-7-12-17)18-16-9-8-15(13-16)14(2)3;;;;/h5-9,11,13-14H,4,10,12,18H2,1-3H3;3*1H;/q-1;;;;+4/p-3. The third-order valence-electron chi connectivity index (χ3n) is 4.03. The van der Waals surface area contributed by atoms with Crippen molar-refractivity contribution in [3.05, 3.63) is 48.1 Å². The fraction of sp³-hybridized carbons (Fsp3) is 0.471. The average molecular weight is 412 g/mol. The van der Waals surface area contributed by atoms with E-state index in [4.69, 9.17) is 0 Å². The van der Waals surface area contributed by atoms with Crippen molar-refractivity contribution in [2.45, 2.75) is 51.0 Å². The van der Waals surface area contributed by atoms with Crippen LogP contribution in [0.1, 0.15) is 51.5 Å². The molecule has 0 heterocycles. The van der Waals surface area contributed by atoms with Crippen LogP contribution in [-0.2, 0) is 21.7 Å².